The summed E-state index contributed by atoms with van der Waals surface area (Å²) in [4.78, 5) is 31.6. The number of nitrogens with one attached hydrogen (secondary N) is 1. The van der Waals surface area contributed by atoms with Crippen LogP contribution in [0.2, 0.25) is 5.02 Å². The quantitative estimate of drug-likeness (QED) is 0.552. The third kappa shape index (κ3) is 3.84. The third-order valence-corrected chi connectivity index (χ3v) is 5.61. The molecule has 1 aromatic carbocycles. The van der Waals surface area contributed by atoms with Gasteiger partial charge in [0.1, 0.15) is 5.58 Å². The molecule has 0 unspecified atom stereocenters. The van der Waals surface area contributed by atoms with Crippen LogP contribution in [0.1, 0.15) is 22.6 Å². The Kier molecular flexibility index (Phi) is 5.04. The van der Waals surface area contributed by atoms with E-state index in [4.69, 9.17) is 16.0 Å². The lowest BCUT2D eigenvalue weighted by Gasteiger charge is -2.27. The van der Waals surface area contributed by atoms with Gasteiger partial charge in [-0.15, -0.1) is 0 Å². The molecule has 0 amide bonds. The van der Waals surface area contributed by atoms with Crippen LogP contribution in [0.4, 0.5) is 13.2 Å². The maximum Gasteiger partial charge on any atom is 0.449 e. The van der Waals surface area contributed by atoms with Crippen molar-refractivity contribution in [2.75, 3.05) is 6.54 Å². The molecule has 0 radical (unpaired) electrons. The highest BCUT2D eigenvalue weighted by Gasteiger charge is 2.36. The molecule has 3 heterocycles. The molecule has 1 aliphatic heterocycles. The van der Waals surface area contributed by atoms with Crippen LogP contribution in [-0.2, 0) is 25.7 Å². The fourth-order valence-electron chi connectivity index (χ4n) is 3.28. The van der Waals surface area contributed by atoms with Crippen LogP contribution in [0.25, 0.3) is 11.0 Å². The molecule has 11 heteroatoms. The standard InChI is InChI=1S/C18H12BrClF3N3O3/c19-8-1-2-13-9(5-8)14(20)11(16(28)29-13)7-26-4-3-12-10(6-26)15(27)25-17(24-12)18(21,22)23/h1-2,5H,3-4,6-7H2,(H,24,25,27). The van der Waals surface area contributed by atoms with E-state index in [9.17, 15) is 22.8 Å². The van der Waals surface area contributed by atoms with Crippen LogP contribution in [0.15, 0.2) is 36.7 Å². The highest BCUT2D eigenvalue weighted by atomic mass is 79.9. The molecule has 29 heavy (non-hydrogen) atoms. The van der Waals surface area contributed by atoms with Crippen LogP contribution >= 0.6 is 27.5 Å². The van der Waals surface area contributed by atoms with Gasteiger partial charge in [-0.25, -0.2) is 9.78 Å². The zero-order chi connectivity index (χ0) is 20.9. The Bertz CT molecular complexity index is 1240. The average molecular weight is 491 g/mol. The summed E-state index contributed by atoms with van der Waals surface area (Å²) in [7, 11) is 0. The lowest BCUT2D eigenvalue weighted by Crippen LogP contribution is -2.37. The molecular weight excluding hydrogens is 479 g/mol. The summed E-state index contributed by atoms with van der Waals surface area (Å²) in [5, 5.41) is 0.796. The van der Waals surface area contributed by atoms with Crippen molar-refractivity contribution in [1.29, 1.82) is 0 Å². The SMILES string of the molecule is O=c1[nH]c(C(F)(F)F)nc2c1CN(Cc1c(Cl)c3cc(Br)ccc3oc1=O)CC2. The normalized spacial score (nSPS) is 14.9. The number of fused-ring (bicyclic) bond motifs is 2. The van der Waals surface area contributed by atoms with Crippen molar-refractivity contribution < 1.29 is 17.6 Å². The van der Waals surface area contributed by atoms with E-state index in [2.05, 4.69) is 20.9 Å². The molecule has 4 rings (SSSR count). The van der Waals surface area contributed by atoms with E-state index in [0.29, 0.717) is 17.5 Å². The molecule has 0 fully saturated rings. The van der Waals surface area contributed by atoms with Crippen molar-refractivity contribution in [2.45, 2.75) is 25.7 Å². The van der Waals surface area contributed by atoms with Gasteiger partial charge in [-0.05, 0) is 18.2 Å². The van der Waals surface area contributed by atoms with Crippen LogP contribution in [0.5, 0.6) is 0 Å². The number of rotatable bonds is 2. The predicted molar refractivity (Wildman–Crippen MR) is 103 cm³/mol. The zero-order valence-corrected chi connectivity index (χ0v) is 16.9. The summed E-state index contributed by atoms with van der Waals surface area (Å²) in [6.07, 6.45) is -4.58. The number of benzene rings is 1. The second-order valence-corrected chi connectivity index (χ2v) is 7.91. The lowest BCUT2D eigenvalue weighted by molar-refractivity contribution is -0.145. The second-order valence-electron chi connectivity index (χ2n) is 6.62. The van der Waals surface area contributed by atoms with Gasteiger partial charge in [-0.1, -0.05) is 27.5 Å². The fourth-order valence-corrected chi connectivity index (χ4v) is 3.93. The number of aromatic amines is 1. The first-order valence-electron chi connectivity index (χ1n) is 8.46. The topological polar surface area (TPSA) is 79.2 Å². The van der Waals surface area contributed by atoms with Gasteiger partial charge < -0.3 is 9.40 Å². The monoisotopic (exact) mass is 489 g/mol. The molecule has 0 spiro atoms. The van der Waals surface area contributed by atoms with Crippen LogP contribution in [0.3, 0.4) is 0 Å². The maximum absolute atomic E-state index is 12.8. The summed E-state index contributed by atoms with van der Waals surface area (Å²) in [5.74, 6) is -1.31. The first-order valence-corrected chi connectivity index (χ1v) is 9.63. The van der Waals surface area contributed by atoms with Gasteiger partial charge >= 0.3 is 11.8 Å². The van der Waals surface area contributed by atoms with Gasteiger partial charge in [0, 0.05) is 35.9 Å². The largest absolute Gasteiger partial charge is 0.449 e. The summed E-state index contributed by atoms with van der Waals surface area (Å²) in [6, 6.07) is 5.07. The summed E-state index contributed by atoms with van der Waals surface area (Å²) in [6.45, 7) is 0.443. The van der Waals surface area contributed by atoms with Crippen LogP contribution < -0.4 is 11.2 Å². The number of hydrogen-bond acceptors (Lipinski definition) is 5. The summed E-state index contributed by atoms with van der Waals surface area (Å²) in [5.41, 5.74) is -0.623. The molecule has 0 bridgehead atoms. The van der Waals surface area contributed by atoms with Crippen molar-refractivity contribution in [2.24, 2.45) is 0 Å². The van der Waals surface area contributed by atoms with E-state index in [1.165, 1.54) is 0 Å². The highest BCUT2D eigenvalue weighted by molar-refractivity contribution is 9.10. The second kappa shape index (κ2) is 7.26. The molecule has 1 N–H and O–H groups in total. The minimum Gasteiger partial charge on any atom is -0.422 e. The van der Waals surface area contributed by atoms with Crippen molar-refractivity contribution in [1.82, 2.24) is 14.9 Å². The number of aromatic nitrogens is 2. The smallest absolute Gasteiger partial charge is 0.422 e. The number of halogens is 5. The van der Waals surface area contributed by atoms with Gasteiger partial charge in [0.25, 0.3) is 5.56 Å². The molecule has 2 aromatic heterocycles. The molecule has 0 saturated heterocycles. The highest BCUT2D eigenvalue weighted by Crippen LogP contribution is 2.30. The number of nitrogens with zero attached hydrogens (tertiary/aromatic N) is 2. The molecule has 3 aromatic rings. The Morgan fingerprint density at radius 2 is 2.07 bits per heavy atom. The number of alkyl halides is 3. The zero-order valence-electron chi connectivity index (χ0n) is 14.6. The maximum atomic E-state index is 12.8. The van der Waals surface area contributed by atoms with E-state index >= 15 is 0 Å². The van der Waals surface area contributed by atoms with Crippen molar-refractivity contribution in [3.63, 3.8) is 0 Å². The number of H-pyrrole nitrogens is 1. The first-order chi connectivity index (χ1) is 13.6. The van der Waals surface area contributed by atoms with Crippen molar-refractivity contribution in [3.8, 4) is 0 Å². The Balaban J connectivity index is 1.66. The molecule has 1 aliphatic rings. The Morgan fingerprint density at radius 1 is 1.31 bits per heavy atom. The molecule has 0 aliphatic carbocycles. The fraction of sp³-hybridized carbons (Fsp3) is 0.278. The lowest BCUT2D eigenvalue weighted by atomic mass is 10.1. The van der Waals surface area contributed by atoms with E-state index in [1.807, 2.05) is 0 Å². The minimum absolute atomic E-state index is 0.0437. The molecule has 0 saturated carbocycles. The van der Waals surface area contributed by atoms with E-state index < -0.39 is 23.2 Å². The molecular formula is C18H12BrClF3N3O3. The Labute approximate surface area is 174 Å². The first kappa shape index (κ1) is 20.1. The molecule has 152 valence electrons. The number of hydrogen-bond donors (Lipinski definition) is 1. The van der Waals surface area contributed by atoms with Crippen molar-refractivity contribution >= 4 is 38.5 Å². The van der Waals surface area contributed by atoms with E-state index in [-0.39, 0.29) is 41.4 Å². The van der Waals surface area contributed by atoms with Crippen LogP contribution in [-0.4, -0.2) is 21.4 Å². The Hall–Kier alpha value is -2.17. The average Bonchev–Trinajstić information content (AvgIpc) is 2.65. The van der Waals surface area contributed by atoms with Gasteiger partial charge in [0.05, 0.1) is 21.8 Å². The summed E-state index contributed by atoms with van der Waals surface area (Å²) < 4.78 is 44.6. The molecule has 6 nitrogen and oxygen atoms in total. The van der Waals surface area contributed by atoms with Gasteiger partial charge in [0.15, 0.2) is 0 Å². The van der Waals surface area contributed by atoms with Gasteiger partial charge in [-0.3, -0.25) is 9.69 Å². The minimum atomic E-state index is -4.73. The van der Waals surface area contributed by atoms with E-state index in [0.717, 1.165) is 4.47 Å². The van der Waals surface area contributed by atoms with Gasteiger partial charge in [0.2, 0.25) is 5.82 Å². The van der Waals surface area contributed by atoms with E-state index in [1.54, 1.807) is 28.1 Å². The van der Waals surface area contributed by atoms with Crippen LogP contribution in [0, 0.1) is 0 Å². The molecule has 0 atom stereocenters. The predicted octanol–water partition coefficient (Wildman–Crippen LogP) is 3.87. The third-order valence-electron chi connectivity index (χ3n) is 4.69. The van der Waals surface area contributed by atoms with Gasteiger partial charge in [-0.2, -0.15) is 13.2 Å². The van der Waals surface area contributed by atoms with Crippen molar-refractivity contribution in [3.05, 3.63) is 71.1 Å². The Morgan fingerprint density at radius 3 is 2.79 bits per heavy atom. The summed E-state index contributed by atoms with van der Waals surface area (Å²) >= 11 is 9.77.